The van der Waals surface area contributed by atoms with E-state index in [2.05, 4.69) is 5.43 Å². The Morgan fingerprint density at radius 2 is 2.05 bits per heavy atom. The summed E-state index contributed by atoms with van der Waals surface area (Å²) in [5.41, 5.74) is 2.47. The molecule has 3 N–H and O–H groups in total. The number of amides is 1. The van der Waals surface area contributed by atoms with E-state index in [0.29, 0.717) is 31.1 Å². The number of rotatable bonds is 7. The number of benzene rings is 1. The topological polar surface area (TPSA) is 86.7 Å². The van der Waals surface area contributed by atoms with Crippen LogP contribution in [0.3, 0.4) is 0 Å². The summed E-state index contributed by atoms with van der Waals surface area (Å²) in [7, 11) is 0. The number of nitrogens with one attached hydrogen (secondary N) is 1. The van der Waals surface area contributed by atoms with Gasteiger partial charge in [-0.2, -0.15) is 0 Å². The van der Waals surface area contributed by atoms with E-state index in [4.69, 9.17) is 19.7 Å². The van der Waals surface area contributed by atoms with Gasteiger partial charge in [0.25, 0.3) is 5.91 Å². The van der Waals surface area contributed by atoms with E-state index in [1.54, 1.807) is 36.6 Å². The first kappa shape index (κ1) is 14.1. The Balaban J connectivity index is 1.78. The van der Waals surface area contributed by atoms with E-state index in [-0.39, 0.29) is 0 Å². The van der Waals surface area contributed by atoms with Crippen molar-refractivity contribution in [3.05, 3.63) is 54.0 Å². The lowest BCUT2D eigenvalue weighted by molar-refractivity contribution is 0.0771. The van der Waals surface area contributed by atoms with Crippen LogP contribution in [0.25, 0.3) is 0 Å². The van der Waals surface area contributed by atoms with Crippen molar-refractivity contribution < 1.29 is 18.7 Å². The first-order chi connectivity index (χ1) is 9.81. The molecule has 1 heterocycles. The fourth-order valence-electron chi connectivity index (χ4n) is 1.64. The first-order valence-corrected chi connectivity index (χ1v) is 6.14. The number of hydrogen-bond donors (Lipinski definition) is 2. The van der Waals surface area contributed by atoms with E-state index >= 15 is 0 Å². The van der Waals surface area contributed by atoms with Crippen LogP contribution in [0.5, 0.6) is 5.75 Å². The summed E-state index contributed by atoms with van der Waals surface area (Å²) in [6, 6.07) is 10.5. The fourth-order valence-corrected chi connectivity index (χ4v) is 1.64. The number of nitrogens with two attached hydrogens (primary N) is 1. The number of hydrazine groups is 1. The Bertz CT molecular complexity index is 540. The minimum Gasteiger partial charge on any atom is -0.490 e. The van der Waals surface area contributed by atoms with Gasteiger partial charge in [-0.25, -0.2) is 5.84 Å². The summed E-state index contributed by atoms with van der Waals surface area (Å²) in [4.78, 5) is 11.5. The average Bonchev–Trinajstić information content (AvgIpc) is 3.00. The Kier molecular flexibility index (Phi) is 5.16. The molecule has 6 nitrogen and oxygen atoms in total. The highest BCUT2D eigenvalue weighted by Gasteiger charge is 2.10. The van der Waals surface area contributed by atoms with Crippen LogP contribution in [-0.4, -0.2) is 19.1 Å². The number of carbonyl (C=O) groups excluding carboxylic acids is 1. The van der Waals surface area contributed by atoms with Gasteiger partial charge < -0.3 is 13.9 Å². The van der Waals surface area contributed by atoms with Crippen LogP contribution in [-0.2, 0) is 11.3 Å². The average molecular weight is 276 g/mol. The van der Waals surface area contributed by atoms with Crippen LogP contribution in [0, 0.1) is 0 Å². The lowest BCUT2D eigenvalue weighted by Gasteiger charge is -2.10. The zero-order valence-corrected chi connectivity index (χ0v) is 10.9. The molecule has 1 aromatic carbocycles. The van der Waals surface area contributed by atoms with Gasteiger partial charge in [-0.05, 0) is 24.3 Å². The van der Waals surface area contributed by atoms with Crippen molar-refractivity contribution in [2.75, 3.05) is 13.2 Å². The molecule has 0 saturated heterocycles. The molecule has 106 valence electrons. The largest absolute Gasteiger partial charge is 0.490 e. The molecular weight excluding hydrogens is 260 g/mol. The van der Waals surface area contributed by atoms with E-state index in [1.807, 2.05) is 6.07 Å². The van der Waals surface area contributed by atoms with Crippen LogP contribution in [0.2, 0.25) is 0 Å². The second kappa shape index (κ2) is 7.32. The summed E-state index contributed by atoms with van der Waals surface area (Å²) in [5, 5.41) is 0. The Labute approximate surface area is 116 Å². The predicted molar refractivity (Wildman–Crippen MR) is 72.0 cm³/mol. The first-order valence-electron chi connectivity index (χ1n) is 6.14. The van der Waals surface area contributed by atoms with Gasteiger partial charge in [0.1, 0.15) is 24.7 Å². The fraction of sp³-hybridized carbons (Fsp3) is 0.214. The smallest absolute Gasteiger partial charge is 0.268 e. The van der Waals surface area contributed by atoms with Crippen molar-refractivity contribution in [1.29, 1.82) is 0 Å². The lowest BCUT2D eigenvalue weighted by Crippen LogP contribution is -2.30. The molecule has 2 rings (SSSR count). The maximum Gasteiger partial charge on any atom is 0.268 e. The van der Waals surface area contributed by atoms with Gasteiger partial charge in [0.15, 0.2) is 0 Å². The number of ether oxygens (including phenoxy) is 2. The standard InChI is InChI=1S/C14H16N2O4/c15-16-14(17)12-5-1-2-6-13(12)20-9-8-18-10-11-4-3-7-19-11/h1-7H,8-10,15H2,(H,16,17). The Morgan fingerprint density at radius 1 is 1.20 bits per heavy atom. The maximum absolute atomic E-state index is 11.5. The van der Waals surface area contributed by atoms with Crippen LogP contribution < -0.4 is 16.0 Å². The molecule has 0 aliphatic heterocycles. The van der Waals surface area contributed by atoms with Crippen LogP contribution in [0.1, 0.15) is 16.1 Å². The van der Waals surface area contributed by atoms with Gasteiger partial charge in [-0.3, -0.25) is 10.2 Å². The molecule has 0 unspecified atom stereocenters. The highest BCUT2D eigenvalue weighted by atomic mass is 16.5. The number of hydrogen-bond acceptors (Lipinski definition) is 5. The monoisotopic (exact) mass is 276 g/mol. The third-order valence-electron chi connectivity index (χ3n) is 2.57. The van der Waals surface area contributed by atoms with Gasteiger partial charge in [-0.1, -0.05) is 12.1 Å². The van der Waals surface area contributed by atoms with E-state index in [1.165, 1.54) is 0 Å². The highest BCUT2D eigenvalue weighted by Crippen LogP contribution is 2.17. The maximum atomic E-state index is 11.5. The molecule has 0 aliphatic rings. The van der Waals surface area contributed by atoms with Gasteiger partial charge in [0, 0.05) is 0 Å². The Morgan fingerprint density at radius 3 is 2.80 bits per heavy atom. The molecule has 2 aromatic rings. The predicted octanol–water partition coefficient (Wildman–Crippen LogP) is 1.48. The quantitative estimate of drug-likeness (QED) is 0.346. The summed E-state index contributed by atoms with van der Waals surface area (Å²) in [5.74, 6) is 5.95. The second-order valence-electron chi connectivity index (χ2n) is 3.95. The summed E-state index contributed by atoms with van der Waals surface area (Å²) < 4.78 is 16.0. The minimum absolute atomic E-state index is 0.329. The Hall–Kier alpha value is -2.31. The van der Waals surface area contributed by atoms with Crippen molar-refractivity contribution in [3.63, 3.8) is 0 Å². The van der Waals surface area contributed by atoms with Gasteiger partial charge >= 0.3 is 0 Å². The zero-order chi connectivity index (χ0) is 14.2. The summed E-state index contributed by atoms with van der Waals surface area (Å²) >= 11 is 0. The summed E-state index contributed by atoms with van der Waals surface area (Å²) in [6.07, 6.45) is 1.59. The normalized spacial score (nSPS) is 10.2. The molecule has 0 saturated carbocycles. The van der Waals surface area contributed by atoms with Gasteiger partial charge in [0.05, 0.1) is 18.4 Å². The van der Waals surface area contributed by atoms with Crippen molar-refractivity contribution in [3.8, 4) is 5.75 Å². The summed E-state index contributed by atoms with van der Waals surface area (Å²) in [6.45, 7) is 1.11. The minimum atomic E-state index is -0.392. The molecule has 0 atom stereocenters. The third-order valence-corrected chi connectivity index (χ3v) is 2.57. The van der Waals surface area contributed by atoms with Crippen molar-refractivity contribution in [2.45, 2.75) is 6.61 Å². The number of furan rings is 1. The molecule has 0 aliphatic carbocycles. The van der Waals surface area contributed by atoms with Crippen molar-refractivity contribution in [2.24, 2.45) is 5.84 Å². The molecule has 6 heteroatoms. The number of nitrogen functional groups attached to an aromatic ring is 1. The number of para-hydroxylation sites is 1. The van der Waals surface area contributed by atoms with E-state index in [9.17, 15) is 4.79 Å². The highest BCUT2D eigenvalue weighted by molar-refractivity contribution is 5.96. The zero-order valence-electron chi connectivity index (χ0n) is 10.9. The van der Waals surface area contributed by atoms with Crippen LogP contribution in [0.15, 0.2) is 47.1 Å². The van der Waals surface area contributed by atoms with Gasteiger partial charge in [0.2, 0.25) is 0 Å². The molecule has 20 heavy (non-hydrogen) atoms. The second-order valence-corrected chi connectivity index (χ2v) is 3.95. The molecular formula is C14H16N2O4. The van der Waals surface area contributed by atoms with Crippen molar-refractivity contribution in [1.82, 2.24) is 5.43 Å². The molecule has 0 fully saturated rings. The van der Waals surface area contributed by atoms with E-state index < -0.39 is 5.91 Å². The van der Waals surface area contributed by atoms with Crippen LogP contribution in [0.4, 0.5) is 0 Å². The number of carbonyl (C=O) groups is 1. The molecule has 0 spiro atoms. The molecule has 0 bridgehead atoms. The van der Waals surface area contributed by atoms with Crippen molar-refractivity contribution >= 4 is 5.91 Å². The lowest BCUT2D eigenvalue weighted by atomic mass is 10.2. The molecule has 0 radical (unpaired) electrons. The van der Waals surface area contributed by atoms with Crippen LogP contribution >= 0.6 is 0 Å². The molecule has 1 aromatic heterocycles. The van der Waals surface area contributed by atoms with E-state index in [0.717, 1.165) is 5.76 Å². The SMILES string of the molecule is NNC(=O)c1ccccc1OCCOCc1ccco1. The van der Waals surface area contributed by atoms with Gasteiger partial charge in [-0.15, -0.1) is 0 Å². The molecule has 1 amide bonds. The third kappa shape index (κ3) is 3.84.